The summed E-state index contributed by atoms with van der Waals surface area (Å²) in [4.78, 5) is 19.5. The van der Waals surface area contributed by atoms with Crippen molar-refractivity contribution in [1.29, 1.82) is 0 Å². The summed E-state index contributed by atoms with van der Waals surface area (Å²) >= 11 is 0. The van der Waals surface area contributed by atoms with E-state index in [9.17, 15) is 18.0 Å². The van der Waals surface area contributed by atoms with E-state index in [4.69, 9.17) is 0 Å². The molecule has 0 aliphatic carbocycles. The topological polar surface area (TPSA) is 83.6 Å². The summed E-state index contributed by atoms with van der Waals surface area (Å²) < 4.78 is 37.4. The van der Waals surface area contributed by atoms with E-state index in [2.05, 4.69) is 25.5 Å². The number of hydrogen-bond donors (Lipinski definition) is 2. The summed E-state index contributed by atoms with van der Waals surface area (Å²) in [6.45, 7) is 0.253. The van der Waals surface area contributed by atoms with E-state index in [0.717, 1.165) is 23.9 Å². The number of aromatic nitrogens is 4. The van der Waals surface area contributed by atoms with Gasteiger partial charge >= 0.3 is 6.18 Å². The quantitative estimate of drug-likeness (QED) is 0.732. The number of nitrogens with zero attached hydrogens (tertiary/aromatic N) is 3. The van der Waals surface area contributed by atoms with Crippen LogP contribution in [-0.4, -0.2) is 32.6 Å². The Balaban J connectivity index is 1.53. The van der Waals surface area contributed by atoms with Gasteiger partial charge in [0.15, 0.2) is 5.82 Å². The standard InChI is InChI=1S/C17H14F3N5O/c18-17(19,20)13-7-6-12(10-22-13)16(26)21-9-8-14-23-15(25-24-14)11-4-2-1-3-5-11/h1-7,10H,8-9H2,(H,21,26)(H,23,24,25). The number of amides is 1. The molecule has 0 bridgehead atoms. The monoisotopic (exact) mass is 361 g/mol. The second-order valence-corrected chi connectivity index (χ2v) is 5.41. The van der Waals surface area contributed by atoms with Gasteiger partial charge in [-0.25, -0.2) is 4.98 Å². The number of carbonyl (C=O) groups is 1. The Bertz CT molecular complexity index is 875. The molecule has 0 aliphatic heterocycles. The molecule has 26 heavy (non-hydrogen) atoms. The third-order valence-electron chi connectivity index (χ3n) is 3.53. The maximum atomic E-state index is 12.5. The van der Waals surface area contributed by atoms with Gasteiger partial charge in [0.2, 0.25) is 0 Å². The molecule has 134 valence electrons. The highest BCUT2D eigenvalue weighted by Gasteiger charge is 2.32. The van der Waals surface area contributed by atoms with Gasteiger partial charge in [0.05, 0.1) is 5.56 Å². The predicted octanol–water partition coefficient (Wildman–Crippen LogP) is 2.86. The first-order valence-electron chi connectivity index (χ1n) is 7.71. The van der Waals surface area contributed by atoms with Crippen molar-refractivity contribution in [1.82, 2.24) is 25.5 Å². The Morgan fingerprint density at radius 2 is 1.88 bits per heavy atom. The van der Waals surface area contributed by atoms with Crippen molar-refractivity contribution in [3.05, 3.63) is 65.7 Å². The molecule has 3 rings (SSSR count). The lowest BCUT2D eigenvalue weighted by Crippen LogP contribution is -2.26. The lowest BCUT2D eigenvalue weighted by molar-refractivity contribution is -0.141. The molecule has 0 radical (unpaired) electrons. The van der Waals surface area contributed by atoms with Gasteiger partial charge in [-0.3, -0.25) is 14.9 Å². The van der Waals surface area contributed by atoms with Gasteiger partial charge < -0.3 is 5.32 Å². The van der Waals surface area contributed by atoms with Crippen molar-refractivity contribution in [3.8, 4) is 11.4 Å². The summed E-state index contributed by atoms with van der Waals surface area (Å²) in [5, 5.41) is 9.51. The number of aromatic amines is 1. The zero-order chi connectivity index (χ0) is 18.6. The van der Waals surface area contributed by atoms with Gasteiger partial charge in [0.1, 0.15) is 11.5 Å². The number of hydrogen-bond acceptors (Lipinski definition) is 4. The minimum atomic E-state index is -4.53. The van der Waals surface area contributed by atoms with E-state index in [1.54, 1.807) is 0 Å². The number of pyridine rings is 1. The number of benzene rings is 1. The average Bonchev–Trinajstić information content (AvgIpc) is 3.11. The van der Waals surface area contributed by atoms with Gasteiger partial charge in [0, 0.05) is 24.7 Å². The lowest BCUT2D eigenvalue weighted by Gasteiger charge is -2.07. The highest BCUT2D eigenvalue weighted by atomic mass is 19.4. The third kappa shape index (κ3) is 4.24. The minimum absolute atomic E-state index is 0.0561. The predicted molar refractivity (Wildman–Crippen MR) is 87.1 cm³/mol. The summed E-state index contributed by atoms with van der Waals surface area (Å²) in [5.41, 5.74) is -0.112. The zero-order valence-electron chi connectivity index (χ0n) is 13.4. The maximum absolute atomic E-state index is 12.5. The maximum Gasteiger partial charge on any atom is 0.433 e. The van der Waals surface area contributed by atoms with Crippen LogP contribution in [0.25, 0.3) is 11.4 Å². The van der Waals surface area contributed by atoms with Crippen LogP contribution in [0.1, 0.15) is 21.9 Å². The van der Waals surface area contributed by atoms with Crippen LogP contribution in [-0.2, 0) is 12.6 Å². The normalized spacial score (nSPS) is 11.3. The van der Waals surface area contributed by atoms with Crippen LogP contribution < -0.4 is 5.32 Å². The Kier molecular flexibility index (Phi) is 4.97. The van der Waals surface area contributed by atoms with Crippen molar-refractivity contribution in [2.45, 2.75) is 12.6 Å². The Morgan fingerprint density at radius 3 is 2.54 bits per heavy atom. The Morgan fingerprint density at radius 1 is 1.12 bits per heavy atom. The van der Waals surface area contributed by atoms with Crippen LogP contribution >= 0.6 is 0 Å². The van der Waals surface area contributed by atoms with Crippen LogP contribution in [0.2, 0.25) is 0 Å². The molecule has 9 heteroatoms. The molecule has 2 heterocycles. The van der Waals surface area contributed by atoms with E-state index < -0.39 is 17.8 Å². The second kappa shape index (κ2) is 7.34. The number of rotatable bonds is 5. The fourth-order valence-corrected chi connectivity index (χ4v) is 2.22. The summed E-state index contributed by atoms with van der Waals surface area (Å²) in [7, 11) is 0. The van der Waals surface area contributed by atoms with Gasteiger partial charge in [-0.05, 0) is 12.1 Å². The number of H-pyrrole nitrogens is 1. The number of carbonyl (C=O) groups excluding carboxylic acids is 1. The van der Waals surface area contributed by atoms with Gasteiger partial charge in [-0.2, -0.15) is 18.3 Å². The number of halogens is 3. The van der Waals surface area contributed by atoms with Gasteiger partial charge in [0.25, 0.3) is 5.91 Å². The van der Waals surface area contributed by atoms with Crippen LogP contribution in [0, 0.1) is 0 Å². The molecule has 2 N–H and O–H groups in total. The van der Waals surface area contributed by atoms with Crippen molar-refractivity contribution in [2.24, 2.45) is 0 Å². The molecule has 0 saturated carbocycles. The van der Waals surface area contributed by atoms with Crippen molar-refractivity contribution in [2.75, 3.05) is 6.54 Å². The molecular formula is C17H14F3N5O. The van der Waals surface area contributed by atoms with E-state index in [1.807, 2.05) is 30.3 Å². The molecule has 0 saturated heterocycles. The fourth-order valence-electron chi connectivity index (χ4n) is 2.22. The van der Waals surface area contributed by atoms with Crippen molar-refractivity contribution >= 4 is 5.91 Å². The van der Waals surface area contributed by atoms with E-state index in [1.165, 1.54) is 0 Å². The SMILES string of the molecule is O=C(NCCc1nc(-c2ccccc2)n[nH]1)c1ccc(C(F)(F)F)nc1. The molecule has 1 aromatic carbocycles. The molecule has 0 aliphatic rings. The van der Waals surface area contributed by atoms with Crippen molar-refractivity contribution in [3.63, 3.8) is 0 Å². The molecule has 3 aromatic rings. The van der Waals surface area contributed by atoms with Crippen molar-refractivity contribution < 1.29 is 18.0 Å². The molecule has 0 atom stereocenters. The second-order valence-electron chi connectivity index (χ2n) is 5.41. The molecule has 6 nitrogen and oxygen atoms in total. The number of alkyl halides is 3. The molecule has 0 spiro atoms. The lowest BCUT2D eigenvalue weighted by atomic mass is 10.2. The molecule has 0 fully saturated rings. The van der Waals surface area contributed by atoms with Crippen LogP contribution in [0.4, 0.5) is 13.2 Å². The summed E-state index contributed by atoms with van der Waals surface area (Å²) in [6.07, 6.45) is -3.22. The largest absolute Gasteiger partial charge is 0.433 e. The summed E-state index contributed by atoms with van der Waals surface area (Å²) in [5.74, 6) is 0.641. The summed E-state index contributed by atoms with van der Waals surface area (Å²) in [6, 6.07) is 11.3. The van der Waals surface area contributed by atoms with Crippen LogP contribution in [0.5, 0.6) is 0 Å². The first-order chi connectivity index (χ1) is 12.4. The molecule has 2 aromatic heterocycles. The molecular weight excluding hydrogens is 347 g/mol. The average molecular weight is 361 g/mol. The zero-order valence-corrected chi connectivity index (χ0v) is 13.4. The van der Waals surface area contributed by atoms with Gasteiger partial charge in [-0.15, -0.1) is 0 Å². The fraction of sp³-hybridized carbons (Fsp3) is 0.176. The first-order valence-corrected chi connectivity index (χ1v) is 7.71. The first kappa shape index (κ1) is 17.6. The van der Waals surface area contributed by atoms with Crippen LogP contribution in [0.15, 0.2) is 48.7 Å². The van der Waals surface area contributed by atoms with Crippen LogP contribution in [0.3, 0.4) is 0 Å². The Hall–Kier alpha value is -3.23. The smallest absolute Gasteiger partial charge is 0.352 e. The minimum Gasteiger partial charge on any atom is -0.352 e. The Labute approximate surface area is 146 Å². The highest BCUT2D eigenvalue weighted by Crippen LogP contribution is 2.27. The van der Waals surface area contributed by atoms with E-state index in [0.29, 0.717) is 18.1 Å². The van der Waals surface area contributed by atoms with E-state index in [-0.39, 0.29) is 12.1 Å². The van der Waals surface area contributed by atoms with E-state index >= 15 is 0 Å². The van der Waals surface area contributed by atoms with Gasteiger partial charge in [-0.1, -0.05) is 30.3 Å². The molecule has 1 amide bonds. The highest BCUT2D eigenvalue weighted by molar-refractivity contribution is 5.93. The molecule has 0 unspecified atom stereocenters. The number of nitrogens with one attached hydrogen (secondary N) is 2. The third-order valence-corrected chi connectivity index (χ3v) is 3.53.